The van der Waals surface area contributed by atoms with Crippen LogP contribution in [-0.4, -0.2) is 17.0 Å². The van der Waals surface area contributed by atoms with Crippen LogP contribution in [0.25, 0.3) is 0 Å². The lowest BCUT2D eigenvalue weighted by Crippen LogP contribution is -2.15. The topological polar surface area (TPSA) is 92.4 Å². The van der Waals surface area contributed by atoms with E-state index >= 15 is 0 Å². The minimum atomic E-state index is -1.09. The van der Waals surface area contributed by atoms with Gasteiger partial charge in [-0.3, -0.25) is 4.79 Å². The fourth-order valence-electron chi connectivity index (χ4n) is 1.81. The number of aromatic carboxylic acids is 1. The van der Waals surface area contributed by atoms with E-state index in [2.05, 4.69) is 5.32 Å². The average Bonchev–Trinajstić information content (AvgIpc) is 2.47. The molecule has 0 radical (unpaired) electrons. The largest absolute Gasteiger partial charge is 0.478 e. The van der Waals surface area contributed by atoms with Gasteiger partial charge in [-0.25, -0.2) is 4.79 Å². The highest BCUT2D eigenvalue weighted by Crippen LogP contribution is 2.16. The van der Waals surface area contributed by atoms with Crippen molar-refractivity contribution in [3.8, 4) is 0 Å². The van der Waals surface area contributed by atoms with E-state index < -0.39 is 5.97 Å². The molecule has 0 aliphatic rings. The molecule has 4 N–H and O–H groups in total. The van der Waals surface area contributed by atoms with Gasteiger partial charge in [0, 0.05) is 12.1 Å². The summed E-state index contributed by atoms with van der Waals surface area (Å²) in [5.74, 6) is -1.45. The minimum Gasteiger partial charge on any atom is -0.478 e. The van der Waals surface area contributed by atoms with E-state index in [1.165, 1.54) is 6.07 Å². The number of hydrogen-bond donors (Lipinski definition) is 3. The zero-order valence-corrected chi connectivity index (χ0v) is 10.7. The molecule has 0 saturated carbocycles. The third kappa shape index (κ3) is 3.02. The number of carbonyl (C=O) groups is 2. The van der Waals surface area contributed by atoms with Crippen molar-refractivity contribution >= 4 is 17.6 Å². The quantitative estimate of drug-likeness (QED) is 0.793. The predicted molar refractivity (Wildman–Crippen MR) is 75.7 cm³/mol. The predicted octanol–water partition coefficient (Wildman–Crippen LogP) is 2.10. The third-order valence-corrected chi connectivity index (χ3v) is 2.83. The first-order chi connectivity index (χ1) is 9.61. The lowest BCUT2D eigenvalue weighted by Gasteiger charge is -2.09. The molecule has 20 heavy (non-hydrogen) atoms. The highest BCUT2D eigenvalue weighted by atomic mass is 16.4. The minimum absolute atomic E-state index is 0.0517. The number of nitrogens with two attached hydrogens (primary N) is 1. The fourth-order valence-corrected chi connectivity index (χ4v) is 1.81. The Morgan fingerprint density at radius 2 is 1.85 bits per heavy atom. The molecule has 1 amide bonds. The molecule has 2 rings (SSSR count). The number of anilines is 1. The van der Waals surface area contributed by atoms with Crippen molar-refractivity contribution in [3.05, 3.63) is 65.2 Å². The number of carboxylic acid groups (broad SMARTS) is 1. The Labute approximate surface area is 116 Å². The van der Waals surface area contributed by atoms with Crippen molar-refractivity contribution in [2.24, 2.45) is 5.73 Å². The molecule has 0 bridgehead atoms. The molecular weight excluding hydrogens is 256 g/mol. The molecule has 5 heteroatoms. The molecule has 2 aromatic rings. The number of benzene rings is 2. The summed E-state index contributed by atoms with van der Waals surface area (Å²) >= 11 is 0. The maximum Gasteiger partial charge on any atom is 0.337 e. The van der Waals surface area contributed by atoms with Crippen molar-refractivity contribution in [1.29, 1.82) is 0 Å². The van der Waals surface area contributed by atoms with Crippen molar-refractivity contribution in [2.75, 3.05) is 5.32 Å². The first-order valence-corrected chi connectivity index (χ1v) is 6.04. The van der Waals surface area contributed by atoms with Gasteiger partial charge in [-0.2, -0.15) is 0 Å². The van der Waals surface area contributed by atoms with Crippen molar-refractivity contribution < 1.29 is 14.7 Å². The summed E-state index contributed by atoms with van der Waals surface area (Å²) in [4.78, 5) is 23.2. The molecule has 0 fully saturated rings. The van der Waals surface area contributed by atoms with Crippen LogP contribution < -0.4 is 11.1 Å². The summed E-state index contributed by atoms with van der Waals surface area (Å²) in [5.41, 5.74) is 7.12. The van der Waals surface area contributed by atoms with E-state index in [1.54, 1.807) is 36.4 Å². The molecule has 0 aliphatic carbocycles. The Hall–Kier alpha value is -2.66. The summed E-state index contributed by atoms with van der Waals surface area (Å²) in [6.07, 6.45) is 0. The molecule has 2 aromatic carbocycles. The molecule has 0 spiro atoms. The van der Waals surface area contributed by atoms with Gasteiger partial charge in [0.15, 0.2) is 0 Å². The summed E-state index contributed by atoms with van der Waals surface area (Å²) in [7, 11) is 0. The van der Waals surface area contributed by atoms with Gasteiger partial charge in [-0.15, -0.1) is 0 Å². The number of hydrogen-bond acceptors (Lipinski definition) is 3. The summed E-state index contributed by atoms with van der Waals surface area (Å²) in [6, 6.07) is 13.1. The lowest BCUT2D eigenvalue weighted by atomic mass is 10.1. The SMILES string of the molecule is NCc1cccc(C(=O)Nc2ccccc2C(=O)O)c1. The standard InChI is InChI=1S/C15H14N2O3/c16-9-10-4-3-5-11(8-10)14(18)17-13-7-2-1-6-12(13)15(19)20/h1-8H,9,16H2,(H,17,18)(H,19,20). The lowest BCUT2D eigenvalue weighted by molar-refractivity contribution is 0.0698. The maximum atomic E-state index is 12.1. The van der Waals surface area contributed by atoms with Gasteiger partial charge in [0.2, 0.25) is 0 Å². The van der Waals surface area contributed by atoms with Crippen LogP contribution in [0, 0.1) is 0 Å². The van der Waals surface area contributed by atoms with Crippen LogP contribution >= 0.6 is 0 Å². The van der Waals surface area contributed by atoms with Crippen LogP contribution in [0.4, 0.5) is 5.69 Å². The highest BCUT2D eigenvalue weighted by molar-refractivity contribution is 6.07. The summed E-state index contributed by atoms with van der Waals surface area (Å²) in [5, 5.41) is 11.7. The van der Waals surface area contributed by atoms with Crippen molar-refractivity contribution in [3.63, 3.8) is 0 Å². The second-order valence-corrected chi connectivity index (χ2v) is 4.21. The average molecular weight is 270 g/mol. The van der Waals surface area contributed by atoms with Gasteiger partial charge in [0.25, 0.3) is 5.91 Å². The number of para-hydroxylation sites is 1. The Morgan fingerprint density at radius 3 is 2.55 bits per heavy atom. The Morgan fingerprint density at radius 1 is 1.10 bits per heavy atom. The molecule has 5 nitrogen and oxygen atoms in total. The molecule has 0 saturated heterocycles. The molecule has 0 heterocycles. The van der Waals surface area contributed by atoms with Crippen LogP contribution in [0.5, 0.6) is 0 Å². The van der Waals surface area contributed by atoms with Crippen molar-refractivity contribution in [1.82, 2.24) is 0 Å². The van der Waals surface area contributed by atoms with Gasteiger partial charge >= 0.3 is 5.97 Å². The van der Waals surface area contributed by atoms with Gasteiger partial charge in [-0.1, -0.05) is 24.3 Å². The molecule has 0 aromatic heterocycles. The number of carboxylic acids is 1. The second kappa shape index (κ2) is 5.99. The summed E-state index contributed by atoms with van der Waals surface area (Å²) in [6.45, 7) is 0.340. The smallest absolute Gasteiger partial charge is 0.337 e. The van der Waals surface area contributed by atoms with Crippen LogP contribution in [0.2, 0.25) is 0 Å². The van der Waals surface area contributed by atoms with E-state index in [9.17, 15) is 9.59 Å². The Balaban J connectivity index is 2.25. The van der Waals surface area contributed by atoms with Crippen LogP contribution in [0.3, 0.4) is 0 Å². The Bertz CT molecular complexity index is 653. The Kier molecular flexibility index (Phi) is 4.12. The molecule has 0 unspecified atom stereocenters. The number of amides is 1. The fraction of sp³-hybridized carbons (Fsp3) is 0.0667. The molecular formula is C15H14N2O3. The van der Waals surface area contributed by atoms with E-state index in [1.807, 2.05) is 6.07 Å². The third-order valence-electron chi connectivity index (χ3n) is 2.83. The van der Waals surface area contributed by atoms with E-state index in [0.717, 1.165) is 5.56 Å². The first-order valence-electron chi connectivity index (χ1n) is 6.04. The first kappa shape index (κ1) is 13.8. The zero-order valence-electron chi connectivity index (χ0n) is 10.7. The number of rotatable bonds is 4. The molecule has 0 atom stereocenters. The number of carbonyl (C=O) groups excluding carboxylic acids is 1. The second-order valence-electron chi connectivity index (χ2n) is 4.21. The monoisotopic (exact) mass is 270 g/mol. The highest BCUT2D eigenvalue weighted by Gasteiger charge is 2.12. The normalized spacial score (nSPS) is 10.1. The van der Waals surface area contributed by atoms with Crippen LogP contribution in [-0.2, 0) is 6.54 Å². The molecule has 0 aliphatic heterocycles. The zero-order chi connectivity index (χ0) is 14.5. The number of nitrogens with one attached hydrogen (secondary N) is 1. The van der Waals surface area contributed by atoms with Gasteiger partial charge in [0.05, 0.1) is 11.3 Å². The van der Waals surface area contributed by atoms with Gasteiger partial charge in [0.1, 0.15) is 0 Å². The maximum absolute atomic E-state index is 12.1. The van der Waals surface area contributed by atoms with Gasteiger partial charge < -0.3 is 16.2 Å². The van der Waals surface area contributed by atoms with Gasteiger partial charge in [-0.05, 0) is 29.8 Å². The van der Waals surface area contributed by atoms with E-state index in [-0.39, 0.29) is 17.2 Å². The van der Waals surface area contributed by atoms with Crippen molar-refractivity contribution in [2.45, 2.75) is 6.54 Å². The molecule has 102 valence electrons. The van der Waals surface area contributed by atoms with Crippen LogP contribution in [0.15, 0.2) is 48.5 Å². The summed E-state index contributed by atoms with van der Waals surface area (Å²) < 4.78 is 0. The van der Waals surface area contributed by atoms with E-state index in [0.29, 0.717) is 12.1 Å². The van der Waals surface area contributed by atoms with E-state index in [4.69, 9.17) is 10.8 Å². The van der Waals surface area contributed by atoms with Crippen LogP contribution in [0.1, 0.15) is 26.3 Å².